The normalized spacial score (nSPS) is 17.2. The summed E-state index contributed by atoms with van der Waals surface area (Å²) in [5.74, 6) is -0.0630. The Kier molecular flexibility index (Phi) is 3.29. The van der Waals surface area contributed by atoms with E-state index in [2.05, 4.69) is 15.3 Å². The van der Waals surface area contributed by atoms with Crippen molar-refractivity contribution in [3.63, 3.8) is 0 Å². The first-order valence-corrected chi connectivity index (χ1v) is 5.60. The van der Waals surface area contributed by atoms with Gasteiger partial charge in [0.1, 0.15) is 5.82 Å². The van der Waals surface area contributed by atoms with Gasteiger partial charge in [0.25, 0.3) is 5.91 Å². The number of carbonyl (C=O) groups excluding carboxylic acids is 2. The lowest BCUT2D eigenvalue weighted by molar-refractivity contribution is -0.124. The molecule has 0 radical (unpaired) electrons. The van der Waals surface area contributed by atoms with Crippen LogP contribution in [0.2, 0.25) is 5.28 Å². The predicted octanol–water partition coefficient (Wildman–Crippen LogP) is 0.626. The van der Waals surface area contributed by atoms with E-state index >= 15 is 0 Å². The summed E-state index contributed by atoms with van der Waals surface area (Å²) in [4.78, 5) is 32.3. The highest BCUT2D eigenvalue weighted by atomic mass is 35.5. The smallest absolute Gasteiger partial charge is 0.254 e. The number of halogens is 1. The second-order valence-corrected chi connectivity index (χ2v) is 4.38. The fourth-order valence-corrected chi connectivity index (χ4v) is 1.71. The van der Waals surface area contributed by atoms with Crippen LogP contribution in [-0.2, 0) is 9.59 Å². The van der Waals surface area contributed by atoms with E-state index < -0.39 is 0 Å². The molecule has 0 unspecified atom stereocenters. The van der Waals surface area contributed by atoms with E-state index in [4.69, 9.17) is 11.6 Å². The summed E-state index contributed by atoms with van der Waals surface area (Å²) in [6, 6.07) is 1.69. The average Bonchev–Trinajstić information content (AvgIpc) is 2.56. The molecule has 2 rings (SSSR count). The van der Waals surface area contributed by atoms with Crippen molar-refractivity contribution in [2.24, 2.45) is 0 Å². The Balaban J connectivity index is 2.37. The van der Waals surface area contributed by atoms with E-state index in [0.29, 0.717) is 17.1 Å². The van der Waals surface area contributed by atoms with Crippen LogP contribution in [0.25, 0.3) is 6.08 Å². The molecule has 6 nitrogen and oxygen atoms in total. The van der Waals surface area contributed by atoms with Crippen LogP contribution in [0.3, 0.4) is 0 Å². The van der Waals surface area contributed by atoms with Crippen molar-refractivity contribution in [1.82, 2.24) is 15.3 Å². The molecule has 1 saturated heterocycles. The number of rotatable bonds is 2. The van der Waals surface area contributed by atoms with E-state index in [1.807, 2.05) is 14.1 Å². The number of amides is 2. The van der Waals surface area contributed by atoms with E-state index in [-0.39, 0.29) is 23.5 Å². The number of aromatic nitrogens is 2. The molecule has 0 saturated carbocycles. The molecule has 7 heteroatoms. The largest absolute Gasteiger partial charge is 0.363 e. The van der Waals surface area contributed by atoms with Gasteiger partial charge in [0.05, 0.1) is 12.1 Å². The first kappa shape index (κ1) is 12.5. The summed E-state index contributed by atoms with van der Waals surface area (Å²) in [5, 5.41) is 2.30. The number of hydrogen-bond acceptors (Lipinski definition) is 5. The fraction of sp³-hybridized carbons (Fsp3) is 0.273. The number of carbonyl (C=O) groups is 2. The monoisotopic (exact) mass is 266 g/mol. The molecule has 18 heavy (non-hydrogen) atoms. The lowest BCUT2D eigenvalue weighted by Gasteiger charge is -2.11. The highest BCUT2D eigenvalue weighted by Crippen LogP contribution is 2.18. The van der Waals surface area contributed by atoms with E-state index in [1.165, 1.54) is 0 Å². The number of hydrogen-bond donors (Lipinski definition) is 1. The van der Waals surface area contributed by atoms with E-state index in [0.717, 1.165) is 0 Å². The third-order valence-electron chi connectivity index (χ3n) is 2.38. The SMILES string of the molecule is CN(C)c1cc(/C=C2\CC(=O)NC2=O)nc(Cl)n1. The standard InChI is InChI=1S/C11H11ClN4O2/c1-16(2)8-5-7(13-11(12)14-8)3-6-4-9(17)15-10(6)18/h3,5H,4H2,1-2H3,(H,15,17,18)/b6-3+. The zero-order chi connectivity index (χ0) is 13.3. The quantitative estimate of drug-likeness (QED) is 0.483. The minimum absolute atomic E-state index is 0.0672. The maximum absolute atomic E-state index is 11.4. The molecule has 2 heterocycles. The zero-order valence-corrected chi connectivity index (χ0v) is 10.7. The van der Waals surface area contributed by atoms with Crippen LogP contribution in [0.4, 0.5) is 5.82 Å². The minimum Gasteiger partial charge on any atom is -0.363 e. The molecule has 0 bridgehead atoms. The molecule has 1 aromatic heterocycles. The highest BCUT2D eigenvalue weighted by molar-refractivity contribution is 6.28. The van der Waals surface area contributed by atoms with E-state index in [1.54, 1.807) is 17.0 Å². The maximum Gasteiger partial charge on any atom is 0.254 e. The first-order chi connectivity index (χ1) is 8.45. The van der Waals surface area contributed by atoms with Crippen LogP contribution in [0.5, 0.6) is 0 Å². The molecule has 0 spiro atoms. The van der Waals surface area contributed by atoms with Gasteiger partial charge >= 0.3 is 0 Å². The number of nitrogens with zero attached hydrogens (tertiary/aromatic N) is 3. The van der Waals surface area contributed by atoms with Gasteiger partial charge < -0.3 is 4.90 Å². The summed E-state index contributed by atoms with van der Waals surface area (Å²) < 4.78 is 0. The highest BCUT2D eigenvalue weighted by Gasteiger charge is 2.23. The lowest BCUT2D eigenvalue weighted by Crippen LogP contribution is -2.19. The summed E-state index contributed by atoms with van der Waals surface area (Å²) in [6.45, 7) is 0. The van der Waals surface area contributed by atoms with Crippen molar-refractivity contribution in [3.8, 4) is 0 Å². The lowest BCUT2D eigenvalue weighted by atomic mass is 10.2. The molecule has 0 aromatic carbocycles. The molecule has 0 aliphatic carbocycles. The zero-order valence-electron chi connectivity index (χ0n) is 9.90. The molecule has 1 aliphatic rings. The summed E-state index contributed by atoms with van der Waals surface area (Å²) in [7, 11) is 3.64. The van der Waals surface area contributed by atoms with Gasteiger partial charge in [0.2, 0.25) is 11.2 Å². The van der Waals surface area contributed by atoms with Gasteiger partial charge in [-0.15, -0.1) is 0 Å². The Hall–Kier alpha value is -1.95. The van der Waals surface area contributed by atoms with Gasteiger partial charge in [-0.05, 0) is 17.7 Å². The van der Waals surface area contributed by atoms with Crippen molar-refractivity contribution >= 4 is 35.3 Å². The molecule has 2 amide bonds. The molecular formula is C11H11ClN4O2. The second kappa shape index (κ2) is 4.73. The van der Waals surface area contributed by atoms with Crippen molar-refractivity contribution < 1.29 is 9.59 Å². The molecule has 1 fully saturated rings. The van der Waals surface area contributed by atoms with E-state index in [9.17, 15) is 9.59 Å². The van der Waals surface area contributed by atoms with Crippen LogP contribution < -0.4 is 10.2 Å². The van der Waals surface area contributed by atoms with Gasteiger partial charge in [0, 0.05) is 25.7 Å². The van der Waals surface area contributed by atoms with Gasteiger partial charge in [-0.3, -0.25) is 14.9 Å². The van der Waals surface area contributed by atoms with Gasteiger partial charge in [0.15, 0.2) is 0 Å². The van der Waals surface area contributed by atoms with Crippen LogP contribution in [-0.4, -0.2) is 35.9 Å². The number of imide groups is 1. The first-order valence-electron chi connectivity index (χ1n) is 5.22. The molecule has 1 aromatic rings. The van der Waals surface area contributed by atoms with Crippen molar-refractivity contribution in [3.05, 3.63) is 22.6 Å². The Bertz CT molecular complexity index is 554. The number of nitrogens with one attached hydrogen (secondary N) is 1. The molecule has 94 valence electrons. The third-order valence-corrected chi connectivity index (χ3v) is 2.55. The predicted molar refractivity (Wildman–Crippen MR) is 67.1 cm³/mol. The Labute approximate surface area is 109 Å². The van der Waals surface area contributed by atoms with Crippen LogP contribution >= 0.6 is 11.6 Å². The summed E-state index contributed by atoms with van der Waals surface area (Å²) in [6.07, 6.45) is 1.61. The summed E-state index contributed by atoms with van der Waals surface area (Å²) in [5.41, 5.74) is 0.873. The molecule has 1 N–H and O–H groups in total. The van der Waals surface area contributed by atoms with Gasteiger partial charge in [-0.25, -0.2) is 9.97 Å². The Morgan fingerprint density at radius 1 is 1.39 bits per heavy atom. The van der Waals surface area contributed by atoms with Crippen LogP contribution in [0, 0.1) is 0 Å². The topological polar surface area (TPSA) is 75.2 Å². The van der Waals surface area contributed by atoms with Gasteiger partial charge in [-0.2, -0.15) is 0 Å². The van der Waals surface area contributed by atoms with Crippen molar-refractivity contribution in [2.45, 2.75) is 6.42 Å². The molecule has 0 atom stereocenters. The summed E-state index contributed by atoms with van der Waals surface area (Å²) >= 11 is 5.80. The molecular weight excluding hydrogens is 256 g/mol. The van der Waals surface area contributed by atoms with Crippen molar-refractivity contribution in [1.29, 1.82) is 0 Å². The maximum atomic E-state index is 11.4. The Morgan fingerprint density at radius 2 is 2.11 bits per heavy atom. The third kappa shape index (κ3) is 2.65. The minimum atomic E-state index is -0.388. The fourth-order valence-electron chi connectivity index (χ4n) is 1.53. The Morgan fingerprint density at radius 3 is 2.67 bits per heavy atom. The molecule has 1 aliphatic heterocycles. The van der Waals surface area contributed by atoms with Crippen molar-refractivity contribution in [2.75, 3.05) is 19.0 Å². The van der Waals surface area contributed by atoms with Crippen LogP contribution in [0.15, 0.2) is 11.6 Å². The van der Waals surface area contributed by atoms with Crippen LogP contribution in [0.1, 0.15) is 12.1 Å². The average molecular weight is 267 g/mol. The van der Waals surface area contributed by atoms with Gasteiger partial charge in [-0.1, -0.05) is 0 Å². The second-order valence-electron chi connectivity index (χ2n) is 4.04. The number of anilines is 1.